The monoisotopic (exact) mass is 381 g/mol. The summed E-state index contributed by atoms with van der Waals surface area (Å²) in [4.78, 5) is 25.4. The fourth-order valence-electron chi connectivity index (χ4n) is 2.78. The van der Waals surface area contributed by atoms with E-state index in [-0.39, 0.29) is 24.7 Å². The first-order valence-corrected chi connectivity index (χ1v) is 10.1. The van der Waals surface area contributed by atoms with Crippen LogP contribution in [0.3, 0.4) is 0 Å². The number of hydrazone groups is 1. The Morgan fingerprint density at radius 2 is 1.70 bits per heavy atom. The second-order valence-electron chi connectivity index (χ2n) is 6.19. The molecule has 1 N–H and O–H groups in total. The molecule has 0 saturated heterocycles. The minimum Gasteiger partial charge on any atom is -0.355 e. The Morgan fingerprint density at radius 1 is 1.00 bits per heavy atom. The topological polar surface area (TPSA) is 61.8 Å². The Morgan fingerprint density at radius 3 is 2.44 bits per heavy atom. The highest BCUT2D eigenvalue weighted by atomic mass is 32.2. The van der Waals surface area contributed by atoms with Crippen LogP contribution in [0.1, 0.15) is 24.8 Å². The number of carbonyl (C=O) groups is 2. The van der Waals surface area contributed by atoms with Crippen molar-refractivity contribution in [1.29, 1.82) is 0 Å². The lowest BCUT2D eigenvalue weighted by Gasteiger charge is -2.11. The van der Waals surface area contributed by atoms with Crippen LogP contribution in [0.5, 0.6) is 0 Å². The summed E-state index contributed by atoms with van der Waals surface area (Å²) in [6.07, 6.45) is 1.13. The molecule has 0 aliphatic carbocycles. The minimum atomic E-state index is -0.102. The van der Waals surface area contributed by atoms with E-state index in [1.165, 1.54) is 9.90 Å². The number of nitrogens with zero attached hydrogens (tertiary/aromatic N) is 2. The summed E-state index contributed by atoms with van der Waals surface area (Å²) < 4.78 is 0. The van der Waals surface area contributed by atoms with Crippen molar-refractivity contribution in [1.82, 2.24) is 10.3 Å². The van der Waals surface area contributed by atoms with Crippen molar-refractivity contribution in [2.45, 2.75) is 24.2 Å². The van der Waals surface area contributed by atoms with Gasteiger partial charge in [0.05, 0.1) is 12.3 Å². The number of rotatable bonds is 8. The van der Waals surface area contributed by atoms with Crippen molar-refractivity contribution in [3.8, 4) is 0 Å². The van der Waals surface area contributed by atoms with Gasteiger partial charge >= 0.3 is 0 Å². The molecule has 140 valence electrons. The molecule has 0 aromatic heterocycles. The third-order valence-corrected chi connectivity index (χ3v) is 5.21. The Hall–Kier alpha value is -2.60. The second-order valence-corrected chi connectivity index (χ2v) is 7.36. The Labute approximate surface area is 163 Å². The summed E-state index contributed by atoms with van der Waals surface area (Å²) in [5.74, 6) is 0.610. The van der Waals surface area contributed by atoms with E-state index in [4.69, 9.17) is 0 Å². The third-order valence-electron chi connectivity index (χ3n) is 4.20. The summed E-state index contributed by atoms with van der Waals surface area (Å²) in [5.41, 5.74) is 1.97. The lowest BCUT2D eigenvalue weighted by Crippen LogP contribution is -2.29. The molecule has 2 aromatic rings. The van der Waals surface area contributed by atoms with E-state index in [0.29, 0.717) is 13.1 Å². The molecule has 3 rings (SSSR count). The molecule has 0 radical (unpaired) electrons. The SMILES string of the molecule is O=C(CCC(=O)N1CCC(c2ccccc2)=N1)NCCSc1ccccc1. The molecule has 0 atom stereocenters. The molecule has 0 spiro atoms. The van der Waals surface area contributed by atoms with Gasteiger partial charge in [0.2, 0.25) is 11.8 Å². The van der Waals surface area contributed by atoms with Crippen LogP contribution in [0.15, 0.2) is 70.7 Å². The summed E-state index contributed by atoms with van der Waals surface area (Å²) in [6, 6.07) is 19.9. The molecule has 0 fully saturated rings. The number of hydrogen-bond donors (Lipinski definition) is 1. The van der Waals surface area contributed by atoms with Crippen molar-refractivity contribution >= 4 is 29.3 Å². The van der Waals surface area contributed by atoms with Gasteiger partial charge in [-0.05, 0) is 17.7 Å². The van der Waals surface area contributed by atoms with Crippen molar-refractivity contribution in [3.63, 3.8) is 0 Å². The van der Waals surface area contributed by atoms with E-state index in [0.717, 1.165) is 23.4 Å². The average Bonchev–Trinajstić information content (AvgIpc) is 3.21. The molecule has 0 saturated carbocycles. The molecular formula is C21H23N3O2S. The number of amides is 2. The predicted octanol–water partition coefficient (Wildman–Crippen LogP) is 3.31. The van der Waals surface area contributed by atoms with Gasteiger partial charge in [-0.25, -0.2) is 5.01 Å². The summed E-state index contributed by atoms with van der Waals surface area (Å²) in [6.45, 7) is 1.17. The molecular weight excluding hydrogens is 358 g/mol. The van der Waals surface area contributed by atoms with Crippen LogP contribution in [0, 0.1) is 0 Å². The van der Waals surface area contributed by atoms with E-state index >= 15 is 0 Å². The standard InChI is InChI=1S/C21H23N3O2S/c25-20(22-14-16-27-18-9-5-2-6-10-18)11-12-21(26)24-15-13-19(23-24)17-7-3-1-4-8-17/h1-10H,11-16H2,(H,22,25). The minimum absolute atomic E-state index is 0.0940. The van der Waals surface area contributed by atoms with Crippen LogP contribution in [0.4, 0.5) is 0 Å². The maximum Gasteiger partial charge on any atom is 0.243 e. The van der Waals surface area contributed by atoms with Gasteiger partial charge in [-0.3, -0.25) is 9.59 Å². The lowest BCUT2D eigenvalue weighted by molar-refractivity contribution is -0.133. The van der Waals surface area contributed by atoms with Crippen LogP contribution in [0.25, 0.3) is 0 Å². The van der Waals surface area contributed by atoms with Crippen LogP contribution in [-0.4, -0.2) is 41.4 Å². The Kier molecular flexibility index (Phi) is 7.04. The van der Waals surface area contributed by atoms with Crippen molar-refractivity contribution in [3.05, 3.63) is 66.2 Å². The number of thioether (sulfide) groups is 1. The van der Waals surface area contributed by atoms with E-state index in [2.05, 4.69) is 10.4 Å². The third kappa shape index (κ3) is 5.96. The van der Waals surface area contributed by atoms with Gasteiger partial charge in [-0.1, -0.05) is 48.5 Å². The van der Waals surface area contributed by atoms with E-state index in [1.54, 1.807) is 11.8 Å². The summed E-state index contributed by atoms with van der Waals surface area (Å²) >= 11 is 1.70. The highest BCUT2D eigenvalue weighted by molar-refractivity contribution is 7.99. The molecule has 1 aliphatic rings. The maximum atomic E-state index is 12.3. The zero-order valence-electron chi connectivity index (χ0n) is 15.1. The molecule has 1 aliphatic heterocycles. The number of hydrogen-bond acceptors (Lipinski definition) is 4. The molecule has 27 heavy (non-hydrogen) atoms. The number of benzene rings is 2. The summed E-state index contributed by atoms with van der Waals surface area (Å²) in [5, 5.41) is 8.76. The maximum absolute atomic E-state index is 12.3. The second kappa shape index (κ2) is 9.92. The van der Waals surface area contributed by atoms with Crippen molar-refractivity contribution < 1.29 is 9.59 Å². The van der Waals surface area contributed by atoms with E-state index < -0.39 is 0 Å². The first-order valence-electron chi connectivity index (χ1n) is 9.10. The number of carbonyl (C=O) groups excluding carboxylic acids is 2. The van der Waals surface area contributed by atoms with Crippen LogP contribution in [-0.2, 0) is 9.59 Å². The van der Waals surface area contributed by atoms with Gasteiger partial charge in [0.25, 0.3) is 0 Å². The number of nitrogens with one attached hydrogen (secondary N) is 1. The normalized spacial score (nSPS) is 13.3. The average molecular weight is 382 g/mol. The highest BCUT2D eigenvalue weighted by Crippen LogP contribution is 2.16. The van der Waals surface area contributed by atoms with Gasteiger partial charge < -0.3 is 5.32 Å². The molecule has 1 heterocycles. The Bertz CT molecular complexity index is 794. The van der Waals surface area contributed by atoms with E-state index in [1.807, 2.05) is 60.7 Å². The van der Waals surface area contributed by atoms with Gasteiger partial charge in [0.15, 0.2) is 0 Å². The molecule has 2 amide bonds. The molecule has 0 bridgehead atoms. The van der Waals surface area contributed by atoms with Gasteiger partial charge in [-0.15, -0.1) is 11.8 Å². The first-order chi connectivity index (χ1) is 13.2. The first kappa shape index (κ1) is 19.2. The Balaban J connectivity index is 1.35. The predicted molar refractivity (Wildman–Crippen MR) is 109 cm³/mol. The highest BCUT2D eigenvalue weighted by Gasteiger charge is 2.21. The van der Waals surface area contributed by atoms with Crippen LogP contribution < -0.4 is 5.32 Å². The van der Waals surface area contributed by atoms with Crippen LogP contribution >= 0.6 is 11.8 Å². The van der Waals surface area contributed by atoms with Gasteiger partial charge in [0.1, 0.15) is 0 Å². The largest absolute Gasteiger partial charge is 0.355 e. The summed E-state index contributed by atoms with van der Waals surface area (Å²) in [7, 11) is 0. The molecule has 2 aromatic carbocycles. The molecule has 0 unspecified atom stereocenters. The lowest BCUT2D eigenvalue weighted by atomic mass is 10.1. The van der Waals surface area contributed by atoms with Gasteiger partial charge in [-0.2, -0.15) is 5.10 Å². The van der Waals surface area contributed by atoms with Crippen molar-refractivity contribution in [2.75, 3.05) is 18.8 Å². The smallest absolute Gasteiger partial charge is 0.243 e. The quantitative estimate of drug-likeness (QED) is 0.564. The fraction of sp³-hybridized carbons (Fsp3) is 0.286. The molecule has 6 heteroatoms. The van der Waals surface area contributed by atoms with Crippen molar-refractivity contribution in [2.24, 2.45) is 5.10 Å². The van der Waals surface area contributed by atoms with E-state index in [9.17, 15) is 9.59 Å². The zero-order chi connectivity index (χ0) is 18.9. The van der Waals surface area contributed by atoms with Crippen LogP contribution in [0.2, 0.25) is 0 Å². The molecule has 5 nitrogen and oxygen atoms in total. The zero-order valence-corrected chi connectivity index (χ0v) is 16.0. The van der Waals surface area contributed by atoms with Gasteiger partial charge in [0, 0.05) is 36.5 Å². The fourth-order valence-corrected chi connectivity index (χ4v) is 3.57.